The lowest BCUT2D eigenvalue weighted by molar-refractivity contribution is -0.160. The van der Waals surface area contributed by atoms with Crippen molar-refractivity contribution in [3.63, 3.8) is 0 Å². The van der Waals surface area contributed by atoms with E-state index in [9.17, 15) is 45.5 Å². The van der Waals surface area contributed by atoms with E-state index in [4.69, 9.17) is 9.47 Å². The Morgan fingerprint density at radius 1 is 0.571 bits per heavy atom. The van der Waals surface area contributed by atoms with Gasteiger partial charge in [-0.05, 0) is 167 Å². The van der Waals surface area contributed by atoms with Gasteiger partial charge in [-0.15, -0.1) is 0 Å². The Kier molecular flexibility index (Phi) is 15.0. The summed E-state index contributed by atoms with van der Waals surface area (Å²) in [6, 6.07) is 13.6. The summed E-state index contributed by atoms with van der Waals surface area (Å²) in [7, 11) is 0. The first-order valence-electron chi connectivity index (χ1n) is 19.8. The zero-order valence-corrected chi connectivity index (χ0v) is 37.1. The van der Waals surface area contributed by atoms with Crippen molar-refractivity contribution < 1.29 is 59.7 Å². The molecule has 0 bridgehead atoms. The summed E-state index contributed by atoms with van der Waals surface area (Å²) in [6.45, 7) is 3.00. The van der Waals surface area contributed by atoms with Crippen molar-refractivity contribution in [2.75, 3.05) is 21.3 Å². The molecule has 0 unspecified atom stereocenters. The molecule has 4 aromatic rings. The summed E-state index contributed by atoms with van der Waals surface area (Å²) in [6.07, 6.45) is -5.30. The van der Waals surface area contributed by atoms with Crippen LogP contribution in [0.3, 0.4) is 0 Å². The van der Waals surface area contributed by atoms with E-state index in [1.54, 1.807) is 38.1 Å². The van der Waals surface area contributed by atoms with E-state index < -0.39 is 60.1 Å². The minimum absolute atomic E-state index is 0.115. The summed E-state index contributed by atoms with van der Waals surface area (Å²) in [5.41, 5.74) is 1.28. The number of aryl methyl sites for hydroxylation is 2. The van der Waals surface area contributed by atoms with E-state index in [0.29, 0.717) is 42.8 Å². The number of nitrogens with one attached hydrogen (secondary N) is 4. The lowest BCUT2D eigenvalue weighted by atomic mass is 9.93. The van der Waals surface area contributed by atoms with Gasteiger partial charge in [0.2, 0.25) is 11.8 Å². The van der Waals surface area contributed by atoms with Crippen molar-refractivity contribution in [1.82, 2.24) is 0 Å². The Hall–Kier alpha value is -5.30. The van der Waals surface area contributed by atoms with Crippen molar-refractivity contribution >= 4 is 78.4 Å². The van der Waals surface area contributed by atoms with E-state index in [1.165, 1.54) is 12.1 Å². The maximum absolute atomic E-state index is 13.6. The first-order valence-corrected chi connectivity index (χ1v) is 21.4. The van der Waals surface area contributed by atoms with Crippen LogP contribution in [-0.4, -0.2) is 35.8 Å². The highest BCUT2D eigenvalue weighted by atomic mass is 79.9. The van der Waals surface area contributed by atoms with Crippen molar-refractivity contribution in [2.24, 2.45) is 0 Å². The number of halogens is 8. The molecule has 2 amide bonds. The van der Waals surface area contributed by atoms with Crippen LogP contribution in [0.2, 0.25) is 0 Å². The predicted molar refractivity (Wildman–Crippen MR) is 229 cm³/mol. The Morgan fingerprint density at radius 3 is 1.35 bits per heavy atom. The fourth-order valence-corrected chi connectivity index (χ4v) is 8.24. The zero-order valence-electron chi connectivity index (χ0n) is 33.9. The van der Waals surface area contributed by atoms with Gasteiger partial charge in [-0.2, -0.15) is 26.3 Å². The molecule has 19 heteroatoms. The number of ether oxygens (including phenoxy) is 3. The summed E-state index contributed by atoms with van der Waals surface area (Å²) in [5, 5.41) is 11.3. The second-order valence-electron chi connectivity index (χ2n) is 15.5. The van der Waals surface area contributed by atoms with Crippen LogP contribution in [0.25, 0.3) is 0 Å². The molecule has 336 valence electrons. The highest BCUT2D eigenvalue weighted by Gasteiger charge is 2.33. The molecule has 11 nitrogen and oxygen atoms in total. The number of benzene rings is 4. The van der Waals surface area contributed by atoms with Crippen LogP contribution < -0.4 is 30.7 Å². The van der Waals surface area contributed by atoms with Gasteiger partial charge >= 0.3 is 24.3 Å². The molecule has 0 spiro atoms. The molecular weight excluding hydrogens is 970 g/mol. The fourth-order valence-electron chi connectivity index (χ4n) is 6.82. The number of rotatable bonds is 16. The quantitative estimate of drug-likeness (QED) is 0.0490. The number of carbonyl (C=O) groups excluding carboxylic acids is 4. The number of alkyl halides is 6. The second-order valence-corrected chi connectivity index (χ2v) is 17.2. The number of anilines is 4. The minimum atomic E-state index is -4.56. The van der Waals surface area contributed by atoms with Crippen LogP contribution in [0.4, 0.5) is 49.1 Å². The molecule has 2 aliphatic rings. The van der Waals surface area contributed by atoms with E-state index in [2.05, 4.69) is 57.9 Å². The Labute approximate surface area is 375 Å². The minimum Gasteiger partial charge on any atom is -0.488 e. The molecule has 6 rings (SSSR count). The van der Waals surface area contributed by atoms with Crippen molar-refractivity contribution in [3.8, 4) is 11.5 Å². The van der Waals surface area contributed by atoms with E-state index in [1.807, 2.05) is 0 Å². The van der Waals surface area contributed by atoms with Gasteiger partial charge < -0.3 is 35.5 Å². The van der Waals surface area contributed by atoms with Gasteiger partial charge in [0.25, 0.3) is 0 Å². The summed E-state index contributed by atoms with van der Waals surface area (Å²) < 4.78 is 98.9. The zero-order chi connectivity index (χ0) is 45.6. The Bertz CT molecular complexity index is 2180. The van der Waals surface area contributed by atoms with Crippen LogP contribution >= 0.6 is 31.9 Å². The van der Waals surface area contributed by atoms with E-state index in [0.717, 1.165) is 62.8 Å². The third kappa shape index (κ3) is 13.4. The number of hydrogen-bond acceptors (Lipinski definition) is 9. The van der Waals surface area contributed by atoms with Gasteiger partial charge in [-0.3, -0.25) is 19.2 Å². The SMILES string of the molecule is Cc1cc(NC(=O)CC(=O)OC(=O)CC(=O)Nc2cc(Br)c(OCc3cc(NC4CCC4)cc(C(F)(F)F)c3)c(Br)c2)cc(C)c1OCc1cc(NC2CCC2)cc(C(F)(F)F)c1. The topological polar surface area (TPSA) is 144 Å². The number of amides is 2. The molecule has 2 saturated carbocycles. The van der Waals surface area contributed by atoms with Crippen molar-refractivity contribution in [2.45, 2.75) is 103 Å². The average molecular weight is 1010 g/mol. The molecule has 4 aromatic carbocycles. The van der Waals surface area contributed by atoms with Gasteiger partial charge in [0, 0.05) is 34.8 Å². The monoisotopic (exact) mass is 1010 g/mol. The lowest BCUT2D eigenvalue weighted by Crippen LogP contribution is -2.27. The van der Waals surface area contributed by atoms with Crippen molar-refractivity contribution in [1.29, 1.82) is 0 Å². The summed E-state index contributed by atoms with van der Waals surface area (Å²) >= 11 is 6.67. The first kappa shape index (κ1) is 47.2. The van der Waals surface area contributed by atoms with Crippen LogP contribution in [0.15, 0.2) is 69.6 Å². The average Bonchev–Trinajstić information content (AvgIpc) is 3.13. The molecule has 63 heavy (non-hydrogen) atoms. The molecule has 2 aliphatic carbocycles. The number of carbonyl (C=O) groups is 4. The van der Waals surface area contributed by atoms with Crippen LogP contribution in [-0.2, 0) is 49.5 Å². The number of hydrogen-bond donors (Lipinski definition) is 4. The molecule has 2 fully saturated rings. The van der Waals surface area contributed by atoms with Gasteiger partial charge in [0.1, 0.15) is 37.6 Å². The normalized spacial score (nSPS) is 14.2. The van der Waals surface area contributed by atoms with Crippen LogP contribution in [0, 0.1) is 13.8 Å². The third-order valence-electron chi connectivity index (χ3n) is 10.2. The van der Waals surface area contributed by atoms with Gasteiger partial charge in [-0.1, -0.05) is 0 Å². The Balaban J connectivity index is 0.965. The third-order valence-corrected chi connectivity index (χ3v) is 11.4. The molecule has 0 saturated heterocycles. The van der Waals surface area contributed by atoms with Crippen molar-refractivity contribution in [3.05, 3.63) is 103 Å². The largest absolute Gasteiger partial charge is 0.488 e. The highest BCUT2D eigenvalue weighted by molar-refractivity contribution is 9.11. The highest BCUT2D eigenvalue weighted by Crippen LogP contribution is 2.39. The van der Waals surface area contributed by atoms with Gasteiger partial charge in [0.05, 0.1) is 20.1 Å². The maximum atomic E-state index is 13.6. The van der Waals surface area contributed by atoms with Crippen LogP contribution in [0.5, 0.6) is 11.5 Å². The molecule has 0 radical (unpaired) electrons. The van der Waals surface area contributed by atoms with Gasteiger partial charge in [-0.25, -0.2) is 0 Å². The second kappa shape index (κ2) is 20.0. The van der Waals surface area contributed by atoms with Crippen LogP contribution in [0.1, 0.15) is 84.7 Å². The molecular formula is C44H42Br2F6N4O7. The Morgan fingerprint density at radius 2 is 0.968 bits per heavy atom. The summed E-state index contributed by atoms with van der Waals surface area (Å²) in [4.78, 5) is 50.2. The first-order chi connectivity index (χ1) is 29.7. The molecule has 0 heterocycles. The maximum Gasteiger partial charge on any atom is 0.416 e. The molecule has 0 atom stereocenters. The van der Waals surface area contributed by atoms with E-state index >= 15 is 0 Å². The standard InChI is InChI=1S/C44H42Br2F6N4O7/c1-23-9-31(10-24(2)41(23)61-21-25-11-27(43(47,48)49)15-32(13-25)53-29-5-3-6-29)55-37(57)19-39(59)63-40(60)20-38(58)56-34-17-35(45)42(36(46)18-34)62-22-26-12-28(44(50,51)52)16-33(14-26)54-30-7-4-8-30/h9-18,29-30,53-54H,3-8,19-22H2,1-2H3,(H,55,57)(H,56,58). The van der Waals surface area contributed by atoms with E-state index in [-0.39, 0.29) is 48.0 Å². The predicted octanol–water partition coefficient (Wildman–Crippen LogP) is 11.4. The molecule has 4 N–H and O–H groups in total. The van der Waals surface area contributed by atoms with Gasteiger partial charge in [0.15, 0.2) is 0 Å². The molecule has 0 aromatic heterocycles. The lowest BCUT2D eigenvalue weighted by Gasteiger charge is -2.28. The fraction of sp³-hybridized carbons (Fsp3) is 0.364. The summed E-state index contributed by atoms with van der Waals surface area (Å²) in [5.74, 6) is -3.49. The molecule has 0 aliphatic heterocycles. The number of esters is 2. The smallest absolute Gasteiger partial charge is 0.416 e.